The molecule has 0 spiro atoms. The minimum atomic E-state index is -0.0392. The Morgan fingerprint density at radius 2 is 2.37 bits per heavy atom. The largest absolute Gasteiger partial charge is 0.492 e. The molecular formula is C14H23N3O2. The molecule has 1 fully saturated rings. The van der Waals surface area contributed by atoms with Gasteiger partial charge in [-0.25, -0.2) is 0 Å². The van der Waals surface area contributed by atoms with Gasteiger partial charge in [0.25, 0.3) is 0 Å². The Kier molecular flexibility index (Phi) is 5.13. The van der Waals surface area contributed by atoms with E-state index < -0.39 is 0 Å². The zero-order chi connectivity index (χ0) is 13.7. The van der Waals surface area contributed by atoms with Gasteiger partial charge in [0, 0.05) is 6.20 Å². The van der Waals surface area contributed by atoms with E-state index in [0.717, 1.165) is 30.6 Å². The van der Waals surface area contributed by atoms with Gasteiger partial charge in [0.2, 0.25) is 0 Å². The molecule has 0 amide bonds. The first-order chi connectivity index (χ1) is 9.24. The topological polar surface area (TPSA) is 69.4 Å². The van der Waals surface area contributed by atoms with Gasteiger partial charge >= 0.3 is 0 Å². The standard InChI is InChI=1S/C14H23N3O2/c1-3-6-18-12-7-11(8-16-9-12)14(17-15)13-5-4-10(2)19-13/h7-10,13-14,17H,3-6,15H2,1-2H3. The first-order valence-corrected chi connectivity index (χ1v) is 6.94. The molecule has 2 heterocycles. The first kappa shape index (κ1) is 14.2. The molecule has 0 aromatic carbocycles. The van der Waals surface area contributed by atoms with Crippen molar-refractivity contribution in [1.29, 1.82) is 0 Å². The molecule has 106 valence electrons. The van der Waals surface area contributed by atoms with Crippen LogP contribution in [0.25, 0.3) is 0 Å². The molecule has 3 N–H and O–H groups in total. The van der Waals surface area contributed by atoms with E-state index in [1.807, 2.05) is 12.3 Å². The Labute approximate surface area is 114 Å². The van der Waals surface area contributed by atoms with Crippen LogP contribution in [-0.4, -0.2) is 23.8 Å². The molecule has 0 saturated carbocycles. The molecule has 5 heteroatoms. The third-order valence-electron chi connectivity index (χ3n) is 3.38. The van der Waals surface area contributed by atoms with Crippen LogP contribution in [0.5, 0.6) is 5.75 Å². The molecule has 3 atom stereocenters. The summed E-state index contributed by atoms with van der Waals surface area (Å²) in [6.45, 7) is 4.87. The van der Waals surface area contributed by atoms with Crippen LogP contribution in [0.1, 0.15) is 44.7 Å². The van der Waals surface area contributed by atoms with E-state index in [2.05, 4.69) is 24.3 Å². The molecule has 0 aliphatic carbocycles. The molecule has 1 aromatic rings. The highest BCUT2D eigenvalue weighted by Crippen LogP contribution is 2.30. The quantitative estimate of drug-likeness (QED) is 0.607. The molecule has 1 aliphatic rings. The van der Waals surface area contributed by atoms with E-state index in [9.17, 15) is 0 Å². The van der Waals surface area contributed by atoms with Crippen LogP contribution in [0, 0.1) is 0 Å². The van der Waals surface area contributed by atoms with Gasteiger partial charge in [-0.3, -0.25) is 16.3 Å². The lowest BCUT2D eigenvalue weighted by molar-refractivity contribution is 0.0315. The van der Waals surface area contributed by atoms with Crippen LogP contribution in [0.15, 0.2) is 18.5 Å². The number of hydrogen-bond donors (Lipinski definition) is 2. The molecule has 1 aliphatic heterocycles. The Hall–Kier alpha value is -1.17. The summed E-state index contributed by atoms with van der Waals surface area (Å²) in [5, 5.41) is 0. The Balaban J connectivity index is 2.09. The van der Waals surface area contributed by atoms with E-state index in [-0.39, 0.29) is 12.1 Å². The summed E-state index contributed by atoms with van der Waals surface area (Å²) in [5.74, 6) is 6.46. The lowest BCUT2D eigenvalue weighted by atomic mass is 10.0. The lowest BCUT2D eigenvalue weighted by Gasteiger charge is -2.23. The van der Waals surface area contributed by atoms with Crippen molar-refractivity contribution in [3.63, 3.8) is 0 Å². The minimum Gasteiger partial charge on any atom is -0.492 e. The summed E-state index contributed by atoms with van der Waals surface area (Å²) in [5.41, 5.74) is 3.85. The highest BCUT2D eigenvalue weighted by Gasteiger charge is 2.30. The fraction of sp³-hybridized carbons (Fsp3) is 0.643. The van der Waals surface area contributed by atoms with Crippen LogP contribution in [-0.2, 0) is 4.74 Å². The van der Waals surface area contributed by atoms with E-state index >= 15 is 0 Å². The molecule has 3 unspecified atom stereocenters. The summed E-state index contributed by atoms with van der Waals surface area (Å²) < 4.78 is 11.5. The number of hydrogen-bond acceptors (Lipinski definition) is 5. The summed E-state index contributed by atoms with van der Waals surface area (Å²) in [6, 6.07) is 1.95. The number of aromatic nitrogens is 1. The molecular weight excluding hydrogens is 242 g/mol. The van der Waals surface area contributed by atoms with Gasteiger partial charge in [-0.1, -0.05) is 6.92 Å². The van der Waals surface area contributed by atoms with Crippen LogP contribution in [0.2, 0.25) is 0 Å². The third-order valence-corrected chi connectivity index (χ3v) is 3.38. The molecule has 2 rings (SSSR count). The van der Waals surface area contributed by atoms with E-state index in [0.29, 0.717) is 12.7 Å². The predicted molar refractivity (Wildman–Crippen MR) is 73.7 cm³/mol. The van der Waals surface area contributed by atoms with Crippen molar-refractivity contribution >= 4 is 0 Å². The van der Waals surface area contributed by atoms with Crippen molar-refractivity contribution in [3.05, 3.63) is 24.0 Å². The molecule has 0 radical (unpaired) electrons. The Morgan fingerprint density at radius 1 is 1.53 bits per heavy atom. The van der Waals surface area contributed by atoms with E-state index in [1.54, 1.807) is 6.20 Å². The highest BCUT2D eigenvalue weighted by molar-refractivity contribution is 5.27. The Bertz CT molecular complexity index is 400. The molecule has 0 bridgehead atoms. The van der Waals surface area contributed by atoms with E-state index in [1.165, 1.54) is 0 Å². The second-order valence-electron chi connectivity index (χ2n) is 5.01. The number of nitrogens with two attached hydrogens (primary N) is 1. The van der Waals surface area contributed by atoms with Gasteiger partial charge in [-0.05, 0) is 37.8 Å². The van der Waals surface area contributed by atoms with Gasteiger partial charge in [0.05, 0.1) is 31.1 Å². The molecule has 19 heavy (non-hydrogen) atoms. The average Bonchev–Trinajstić information content (AvgIpc) is 2.84. The van der Waals surface area contributed by atoms with Crippen molar-refractivity contribution < 1.29 is 9.47 Å². The van der Waals surface area contributed by atoms with E-state index in [4.69, 9.17) is 15.3 Å². The van der Waals surface area contributed by atoms with Crippen LogP contribution in [0.3, 0.4) is 0 Å². The number of pyridine rings is 1. The fourth-order valence-electron chi connectivity index (χ4n) is 2.40. The molecule has 1 saturated heterocycles. The van der Waals surface area contributed by atoms with Crippen molar-refractivity contribution in [2.45, 2.75) is 51.4 Å². The summed E-state index contributed by atoms with van der Waals surface area (Å²) >= 11 is 0. The van der Waals surface area contributed by atoms with Gasteiger partial charge < -0.3 is 9.47 Å². The lowest BCUT2D eigenvalue weighted by Crippen LogP contribution is -2.36. The van der Waals surface area contributed by atoms with Gasteiger partial charge in [-0.15, -0.1) is 0 Å². The van der Waals surface area contributed by atoms with Gasteiger partial charge in [0.1, 0.15) is 5.75 Å². The zero-order valence-corrected chi connectivity index (χ0v) is 11.6. The fourth-order valence-corrected chi connectivity index (χ4v) is 2.40. The smallest absolute Gasteiger partial charge is 0.137 e. The molecule has 1 aromatic heterocycles. The maximum Gasteiger partial charge on any atom is 0.137 e. The number of rotatable bonds is 6. The van der Waals surface area contributed by atoms with Gasteiger partial charge in [0.15, 0.2) is 0 Å². The number of ether oxygens (including phenoxy) is 2. The number of nitrogens with zero attached hydrogens (tertiary/aromatic N) is 1. The van der Waals surface area contributed by atoms with Crippen molar-refractivity contribution in [2.24, 2.45) is 5.84 Å². The maximum atomic E-state index is 5.88. The Morgan fingerprint density at radius 3 is 3.00 bits per heavy atom. The van der Waals surface area contributed by atoms with Crippen molar-refractivity contribution in [1.82, 2.24) is 10.4 Å². The third kappa shape index (κ3) is 3.65. The maximum absolute atomic E-state index is 5.88. The monoisotopic (exact) mass is 265 g/mol. The zero-order valence-electron chi connectivity index (χ0n) is 11.6. The average molecular weight is 265 g/mol. The van der Waals surface area contributed by atoms with Crippen molar-refractivity contribution in [2.75, 3.05) is 6.61 Å². The van der Waals surface area contributed by atoms with Crippen LogP contribution in [0.4, 0.5) is 0 Å². The summed E-state index contributed by atoms with van der Waals surface area (Å²) in [6.07, 6.45) is 7.00. The second kappa shape index (κ2) is 6.84. The van der Waals surface area contributed by atoms with Gasteiger partial charge in [-0.2, -0.15) is 0 Å². The van der Waals surface area contributed by atoms with Crippen LogP contribution < -0.4 is 16.0 Å². The normalized spacial score (nSPS) is 24.4. The summed E-state index contributed by atoms with van der Waals surface area (Å²) in [4.78, 5) is 4.22. The number of hydrazine groups is 1. The molecule has 5 nitrogen and oxygen atoms in total. The predicted octanol–water partition coefficient (Wildman–Crippen LogP) is 1.94. The first-order valence-electron chi connectivity index (χ1n) is 6.94. The van der Waals surface area contributed by atoms with Crippen molar-refractivity contribution in [3.8, 4) is 5.75 Å². The SMILES string of the molecule is CCCOc1cncc(C(NN)C2CCC(C)O2)c1. The number of nitrogens with one attached hydrogen (secondary N) is 1. The summed E-state index contributed by atoms with van der Waals surface area (Å²) in [7, 11) is 0. The second-order valence-corrected chi connectivity index (χ2v) is 5.01. The van der Waals surface area contributed by atoms with Crippen LogP contribution >= 0.6 is 0 Å². The minimum absolute atomic E-state index is 0.0392. The highest BCUT2D eigenvalue weighted by atomic mass is 16.5.